The number of benzene rings is 1. The number of carbonyl (C=O) groups excluding carboxylic acids is 1. The number of thioether (sulfide) groups is 1. The zero-order valence-electron chi connectivity index (χ0n) is 11.8. The average Bonchev–Trinajstić information content (AvgIpc) is 2.50. The Hall–Kier alpha value is -1.52. The van der Waals surface area contributed by atoms with E-state index in [0.29, 0.717) is 12.2 Å². The van der Waals surface area contributed by atoms with Crippen molar-refractivity contribution >= 4 is 29.3 Å². The molecule has 3 nitrogen and oxygen atoms in total. The topological polar surface area (TPSA) is 42.0 Å². The van der Waals surface area contributed by atoms with Crippen LogP contribution in [0.4, 0.5) is 0 Å². The number of hydrogen-bond acceptors (Lipinski definition) is 3. The first-order valence-electron chi connectivity index (χ1n) is 6.73. The molecule has 0 spiro atoms. The lowest BCUT2D eigenvalue weighted by atomic mass is 10.1. The third-order valence-electron chi connectivity index (χ3n) is 2.99. The minimum atomic E-state index is -0.0310. The third-order valence-corrected chi connectivity index (χ3v) is 4.50. The van der Waals surface area contributed by atoms with Crippen LogP contribution in [0.15, 0.2) is 53.7 Å². The molecule has 110 valence electrons. The molecule has 1 heterocycles. The zero-order chi connectivity index (χ0) is 15.1. The number of carbonyl (C=O) groups is 1. The summed E-state index contributed by atoms with van der Waals surface area (Å²) < 4.78 is 0. The molecule has 1 aromatic carbocycles. The van der Waals surface area contributed by atoms with E-state index < -0.39 is 0 Å². The van der Waals surface area contributed by atoms with Gasteiger partial charge in [0.05, 0.1) is 11.1 Å². The molecule has 2 rings (SSSR count). The van der Waals surface area contributed by atoms with Crippen LogP contribution >= 0.6 is 23.4 Å². The molecule has 0 aliphatic carbocycles. The van der Waals surface area contributed by atoms with Gasteiger partial charge in [-0.1, -0.05) is 29.8 Å². The number of aromatic nitrogens is 1. The molecule has 2 aromatic rings. The summed E-state index contributed by atoms with van der Waals surface area (Å²) in [7, 11) is 0. The molecule has 21 heavy (non-hydrogen) atoms. The van der Waals surface area contributed by atoms with Crippen molar-refractivity contribution in [3.63, 3.8) is 0 Å². The highest BCUT2D eigenvalue weighted by Crippen LogP contribution is 2.26. The molecule has 5 heteroatoms. The van der Waals surface area contributed by atoms with Crippen molar-refractivity contribution < 1.29 is 4.79 Å². The minimum absolute atomic E-state index is 0.0310. The molecule has 1 atom stereocenters. The number of halogens is 1. The maximum absolute atomic E-state index is 11.9. The van der Waals surface area contributed by atoms with Gasteiger partial charge in [-0.25, -0.2) is 0 Å². The molecule has 0 fully saturated rings. The van der Waals surface area contributed by atoms with E-state index in [9.17, 15) is 4.79 Å². The second-order valence-electron chi connectivity index (χ2n) is 4.60. The number of hydrogen-bond donors (Lipinski definition) is 1. The van der Waals surface area contributed by atoms with Crippen molar-refractivity contribution in [1.29, 1.82) is 0 Å². The predicted molar refractivity (Wildman–Crippen MR) is 87.6 cm³/mol. The summed E-state index contributed by atoms with van der Waals surface area (Å²) in [5.41, 5.74) is 1.00. The lowest BCUT2D eigenvalue weighted by Gasteiger charge is -2.13. The fourth-order valence-electron chi connectivity index (χ4n) is 1.84. The number of rotatable bonds is 6. The van der Waals surface area contributed by atoms with E-state index in [2.05, 4.69) is 10.3 Å². The molecule has 0 bridgehead atoms. The number of nitrogens with one attached hydrogen (secondary N) is 1. The Morgan fingerprint density at radius 3 is 2.86 bits per heavy atom. The summed E-state index contributed by atoms with van der Waals surface area (Å²) in [6.45, 7) is 1.95. The Morgan fingerprint density at radius 1 is 1.33 bits per heavy atom. The van der Waals surface area contributed by atoms with Crippen molar-refractivity contribution in [3.05, 3.63) is 59.4 Å². The normalized spacial score (nSPS) is 11.9. The van der Waals surface area contributed by atoms with E-state index >= 15 is 0 Å². The second-order valence-corrected chi connectivity index (χ2v) is 6.15. The van der Waals surface area contributed by atoms with E-state index in [1.165, 1.54) is 0 Å². The Kier molecular flexibility index (Phi) is 6.08. The first-order chi connectivity index (χ1) is 10.2. The monoisotopic (exact) mass is 320 g/mol. The highest BCUT2D eigenvalue weighted by Gasteiger charge is 2.09. The molecule has 1 aromatic heterocycles. The minimum Gasteiger partial charge on any atom is -0.350 e. The van der Waals surface area contributed by atoms with Gasteiger partial charge >= 0.3 is 0 Å². The molecule has 0 radical (unpaired) electrons. The van der Waals surface area contributed by atoms with E-state index in [4.69, 9.17) is 11.6 Å². The standard InChI is InChI=1S/C16H17ClN2OS/c1-12(13-5-4-9-18-11-13)19-16(20)8-10-21-15-7-3-2-6-14(15)17/h2-7,9,11-12H,8,10H2,1H3,(H,19,20). The Balaban J connectivity index is 1.76. The maximum atomic E-state index is 11.9. The van der Waals surface area contributed by atoms with Crippen molar-refractivity contribution in [2.75, 3.05) is 5.75 Å². The SMILES string of the molecule is CC(NC(=O)CCSc1ccccc1Cl)c1cccnc1. The summed E-state index contributed by atoms with van der Waals surface area (Å²) in [5, 5.41) is 3.70. The van der Waals surface area contributed by atoms with Crippen molar-refractivity contribution in [2.24, 2.45) is 0 Å². The van der Waals surface area contributed by atoms with Gasteiger partial charge in [0.1, 0.15) is 0 Å². The molecule has 0 saturated carbocycles. The quantitative estimate of drug-likeness (QED) is 0.815. The third kappa shape index (κ3) is 5.06. The Labute approximate surface area is 134 Å². The fraction of sp³-hybridized carbons (Fsp3) is 0.250. The Morgan fingerprint density at radius 2 is 2.14 bits per heavy atom. The molecule has 1 unspecified atom stereocenters. The highest BCUT2D eigenvalue weighted by molar-refractivity contribution is 7.99. The largest absolute Gasteiger partial charge is 0.350 e. The summed E-state index contributed by atoms with van der Waals surface area (Å²) in [6, 6.07) is 11.4. The predicted octanol–water partition coefficient (Wildman–Crippen LogP) is 4.09. The van der Waals surface area contributed by atoms with Gasteiger partial charge in [0.2, 0.25) is 5.91 Å². The van der Waals surface area contributed by atoms with Gasteiger partial charge < -0.3 is 5.32 Å². The van der Waals surface area contributed by atoms with Crippen LogP contribution in [-0.2, 0) is 4.79 Å². The van der Waals surface area contributed by atoms with Gasteiger partial charge in [0.15, 0.2) is 0 Å². The Bertz CT molecular complexity index is 592. The first-order valence-corrected chi connectivity index (χ1v) is 8.10. The lowest BCUT2D eigenvalue weighted by molar-refractivity contribution is -0.121. The summed E-state index contributed by atoms with van der Waals surface area (Å²) in [4.78, 5) is 17.0. The summed E-state index contributed by atoms with van der Waals surface area (Å²) >= 11 is 7.67. The fourth-order valence-corrected chi connectivity index (χ4v) is 3.03. The summed E-state index contributed by atoms with van der Waals surface area (Å²) in [5.74, 6) is 0.737. The van der Waals surface area contributed by atoms with Crippen LogP contribution in [0, 0.1) is 0 Å². The molecule has 1 amide bonds. The van der Waals surface area contributed by atoms with E-state index in [-0.39, 0.29) is 11.9 Å². The van der Waals surface area contributed by atoms with Crippen molar-refractivity contribution in [2.45, 2.75) is 24.3 Å². The molecule has 0 saturated heterocycles. The molecular weight excluding hydrogens is 304 g/mol. The summed E-state index contributed by atoms with van der Waals surface area (Å²) in [6.07, 6.45) is 3.95. The first kappa shape index (κ1) is 15.9. The van der Waals surface area contributed by atoms with Gasteiger partial charge in [-0.05, 0) is 30.7 Å². The van der Waals surface area contributed by atoms with Gasteiger partial charge in [-0.3, -0.25) is 9.78 Å². The smallest absolute Gasteiger partial charge is 0.221 e. The van der Waals surface area contributed by atoms with Crippen LogP contribution in [0.2, 0.25) is 5.02 Å². The maximum Gasteiger partial charge on any atom is 0.221 e. The molecule has 1 N–H and O–H groups in total. The number of nitrogens with zero attached hydrogens (tertiary/aromatic N) is 1. The van der Waals surface area contributed by atoms with Gasteiger partial charge in [0, 0.05) is 29.5 Å². The lowest BCUT2D eigenvalue weighted by Crippen LogP contribution is -2.26. The molecule has 0 aliphatic heterocycles. The van der Waals surface area contributed by atoms with Gasteiger partial charge in [-0.2, -0.15) is 0 Å². The van der Waals surface area contributed by atoms with E-state index in [1.807, 2.05) is 43.3 Å². The van der Waals surface area contributed by atoms with Crippen LogP contribution in [-0.4, -0.2) is 16.6 Å². The van der Waals surface area contributed by atoms with Crippen molar-refractivity contribution in [1.82, 2.24) is 10.3 Å². The highest BCUT2D eigenvalue weighted by atomic mass is 35.5. The second kappa shape index (κ2) is 8.05. The van der Waals surface area contributed by atoms with Crippen LogP contribution in [0.3, 0.4) is 0 Å². The van der Waals surface area contributed by atoms with Crippen LogP contribution in [0.25, 0.3) is 0 Å². The molecule has 0 aliphatic rings. The van der Waals surface area contributed by atoms with Gasteiger partial charge in [0.25, 0.3) is 0 Å². The molecular formula is C16H17ClN2OS. The van der Waals surface area contributed by atoms with E-state index in [0.717, 1.165) is 15.5 Å². The number of amides is 1. The van der Waals surface area contributed by atoms with Crippen molar-refractivity contribution in [3.8, 4) is 0 Å². The van der Waals surface area contributed by atoms with Gasteiger partial charge in [-0.15, -0.1) is 11.8 Å². The van der Waals surface area contributed by atoms with Crippen LogP contribution in [0.1, 0.15) is 24.9 Å². The zero-order valence-corrected chi connectivity index (χ0v) is 13.3. The number of pyridine rings is 1. The average molecular weight is 321 g/mol. The van der Waals surface area contributed by atoms with E-state index in [1.54, 1.807) is 24.2 Å². The van der Waals surface area contributed by atoms with Crippen LogP contribution < -0.4 is 5.32 Å². The van der Waals surface area contributed by atoms with Crippen LogP contribution in [0.5, 0.6) is 0 Å².